The fourth-order valence-corrected chi connectivity index (χ4v) is 4.50. The molecule has 5 heteroatoms. The van der Waals surface area contributed by atoms with Gasteiger partial charge in [0.1, 0.15) is 5.82 Å². The van der Waals surface area contributed by atoms with Gasteiger partial charge in [0.2, 0.25) is 0 Å². The lowest BCUT2D eigenvalue weighted by Crippen LogP contribution is -2.62. The lowest BCUT2D eigenvalue weighted by Gasteiger charge is -2.47. The Labute approximate surface area is 93.8 Å². The van der Waals surface area contributed by atoms with E-state index in [0.717, 1.165) is 6.42 Å². The third-order valence-electron chi connectivity index (χ3n) is 3.50. The van der Waals surface area contributed by atoms with Gasteiger partial charge in [0.15, 0.2) is 9.84 Å². The zero-order valence-electron chi connectivity index (χ0n) is 8.64. The Kier molecular flexibility index (Phi) is 2.01. The first kappa shape index (κ1) is 10.1. The molecule has 0 aromatic heterocycles. The molecule has 1 aromatic carbocycles. The number of hydrogen-bond acceptors (Lipinski definition) is 3. The minimum absolute atomic E-state index is 0.277. The highest BCUT2D eigenvalue weighted by atomic mass is 32.2. The van der Waals surface area contributed by atoms with Crippen molar-refractivity contribution in [2.75, 3.05) is 18.0 Å². The second-order valence-electron chi connectivity index (χ2n) is 4.43. The minimum Gasteiger partial charge on any atom is -0.367 e. The van der Waals surface area contributed by atoms with Crippen molar-refractivity contribution in [3.05, 3.63) is 30.1 Å². The van der Waals surface area contributed by atoms with E-state index >= 15 is 0 Å². The fraction of sp³-hybridized carbons (Fsp3) is 0.455. The van der Waals surface area contributed by atoms with E-state index in [-0.39, 0.29) is 16.3 Å². The molecular formula is C11H12FNO2S. The number of para-hydroxylation sites is 1. The van der Waals surface area contributed by atoms with Crippen molar-refractivity contribution in [2.24, 2.45) is 0 Å². The zero-order valence-corrected chi connectivity index (χ0v) is 9.45. The van der Waals surface area contributed by atoms with Crippen LogP contribution in [0.5, 0.6) is 0 Å². The first-order valence-electron chi connectivity index (χ1n) is 5.31. The summed E-state index contributed by atoms with van der Waals surface area (Å²) in [6.45, 7) is 0.861. The van der Waals surface area contributed by atoms with Gasteiger partial charge in [-0.1, -0.05) is 12.1 Å². The Morgan fingerprint density at radius 3 is 2.38 bits per heavy atom. The highest BCUT2D eigenvalue weighted by Gasteiger charge is 2.51. The molecule has 3 heterocycles. The number of hydrogen-bond donors (Lipinski definition) is 0. The lowest BCUT2D eigenvalue weighted by atomic mass is 10.1. The van der Waals surface area contributed by atoms with Gasteiger partial charge in [-0.05, 0) is 18.6 Å². The molecule has 3 aliphatic heterocycles. The number of piperidine rings is 1. The summed E-state index contributed by atoms with van der Waals surface area (Å²) in [4.78, 5) is 1.84. The summed E-state index contributed by atoms with van der Waals surface area (Å²) < 4.78 is 36.7. The van der Waals surface area contributed by atoms with Crippen molar-refractivity contribution in [1.29, 1.82) is 0 Å². The maximum absolute atomic E-state index is 13.5. The highest BCUT2D eigenvalue weighted by molar-refractivity contribution is 7.94. The van der Waals surface area contributed by atoms with E-state index in [1.807, 2.05) is 4.90 Å². The summed E-state index contributed by atoms with van der Waals surface area (Å²) in [7, 11) is -2.88. The molecule has 0 aliphatic carbocycles. The van der Waals surface area contributed by atoms with Crippen molar-refractivity contribution >= 4 is 15.5 Å². The number of halogens is 1. The molecule has 0 spiro atoms. The Hall–Kier alpha value is -1.10. The molecule has 3 aliphatic rings. The molecule has 16 heavy (non-hydrogen) atoms. The first-order chi connectivity index (χ1) is 7.59. The van der Waals surface area contributed by atoms with Crippen LogP contribution in [0.25, 0.3) is 0 Å². The summed E-state index contributed by atoms with van der Waals surface area (Å²) in [6, 6.07) is 6.52. The van der Waals surface area contributed by atoms with Crippen LogP contribution < -0.4 is 4.90 Å². The molecule has 0 amide bonds. The average Bonchev–Trinajstić information content (AvgIpc) is 2.29. The second-order valence-corrected chi connectivity index (χ2v) is 6.94. The Bertz CT molecular complexity index is 511. The van der Waals surface area contributed by atoms with Crippen LogP contribution in [-0.2, 0) is 9.84 Å². The fourth-order valence-electron chi connectivity index (χ4n) is 2.54. The van der Waals surface area contributed by atoms with Crippen LogP contribution in [0.4, 0.5) is 10.1 Å². The van der Waals surface area contributed by atoms with E-state index in [1.54, 1.807) is 18.2 Å². The quantitative estimate of drug-likeness (QED) is 0.741. The average molecular weight is 241 g/mol. The van der Waals surface area contributed by atoms with Crippen molar-refractivity contribution in [1.82, 2.24) is 0 Å². The van der Waals surface area contributed by atoms with Gasteiger partial charge in [-0.25, -0.2) is 12.8 Å². The number of benzene rings is 1. The normalized spacial score (nSPS) is 30.9. The molecule has 2 bridgehead atoms. The largest absolute Gasteiger partial charge is 0.367 e. The van der Waals surface area contributed by atoms with E-state index < -0.39 is 9.84 Å². The van der Waals surface area contributed by atoms with E-state index in [0.29, 0.717) is 18.8 Å². The monoisotopic (exact) mass is 241 g/mol. The van der Waals surface area contributed by atoms with Gasteiger partial charge in [0.25, 0.3) is 0 Å². The molecule has 4 rings (SSSR count). The summed E-state index contributed by atoms with van der Waals surface area (Å²) in [6.07, 6.45) is 0.743. The molecule has 2 unspecified atom stereocenters. The lowest BCUT2D eigenvalue weighted by molar-refractivity contribution is 0.457. The van der Waals surface area contributed by atoms with Crippen LogP contribution >= 0.6 is 0 Å². The summed E-state index contributed by atoms with van der Waals surface area (Å²) in [5.74, 6) is -0.277. The molecule has 0 saturated carbocycles. The molecule has 3 fully saturated rings. The summed E-state index contributed by atoms with van der Waals surface area (Å²) in [5, 5.41) is -0.572. The topological polar surface area (TPSA) is 37.4 Å². The van der Waals surface area contributed by atoms with E-state index in [4.69, 9.17) is 0 Å². The van der Waals surface area contributed by atoms with Gasteiger partial charge in [-0.3, -0.25) is 0 Å². The van der Waals surface area contributed by atoms with E-state index in [9.17, 15) is 12.8 Å². The number of nitrogens with zero attached hydrogens (tertiary/aromatic N) is 1. The summed E-state index contributed by atoms with van der Waals surface area (Å²) in [5.41, 5.74) is 0.520. The predicted octanol–water partition coefficient (Wildman–Crippen LogP) is 1.20. The number of sulfone groups is 1. The van der Waals surface area contributed by atoms with E-state index in [2.05, 4.69) is 0 Å². The molecule has 0 radical (unpaired) electrons. The molecule has 1 aromatic rings. The summed E-state index contributed by atoms with van der Waals surface area (Å²) >= 11 is 0. The van der Waals surface area contributed by atoms with Crippen LogP contribution in [0.1, 0.15) is 6.42 Å². The number of fused-ring (bicyclic) bond motifs is 2. The minimum atomic E-state index is -2.88. The first-order valence-corrected chi connectivity index (χ1v) is 6.92. The molecule has 0 N–H and O–H groups in total. The second kappa shape index (κ2) is 3.20. The van der Waals surface area contributed by atoms with Crippen LogP contribution in [0.15, 0.2) is 24.3 Å². The van der Waals surface area contributed by atoms with Gasteiger partial charge in [0.05, 0.1) is 16.2 Å². The van der Waals surface area contributed by atoms with Crippen molar-refractivity contribution < 1.29 is 12.8 Å². The van der Waals surface area contributed by atoms with Crippen LogP contribution in [-0.4, -0.2) is 32.0 Å². The Morgan fingerprint density at radius 1 is 1.19 bits per heavy atom. The Morgan fingerprint density at radius 2 is 1.81 bits per heavy atom. The maximum atomic E-state index is 13.5. The van der Waals surface area contributed by atoms with Gasteiger partial charge in [0, 0.05) is 13.1 Å². The molecule has 86 valence electrons. The number of anilines is 1. The molecule has 2 atom stereocenters. The number of rotatable bonds is 1. The zero-order chi connectivity index (χ0) is 11.3. The van der Waals surface area contributed by atoms with Gasteiger partial charge >= 0.3 is 0 Å². The van der Waals surface area contributed by atoms with Gasteiger partial charge in [-0.2, -0.15) is 0 Å². The van der Waals surface area contributed by atoms with E-state index in [1.165, 1.54) is 6.07 Å². The van der Waals surface area contributed by atoms with Crippen molar-refractivity contribution in [2.45, 2.75) is 16.9 Å². The Balaban J connectivity index is 1.89. The third kappa shape index (κ3) is 1.27. The molecule has 3 nitrogen and oxygen atoms in total. The molecule has 3 saturated heterocycles. The smallest absolute Gasteiger partial charge is 0.159 e. The van der Waals surface area contributed by atoms with Crippen molar-refractivity contribution in [3.63, 3.8) is 0 Å². The van der Waals surface area contributed by atoms with Gasteiger partial charge < -0.3 is 4.90 Å². The third-order valence-corrected chi connectivity index (χ3v) is 6.04. The SMILES string of the molecule is O=S1(=O)C2CC1CN(c1ccccc1F)C2. The maximum Gasteiger partial charge on any atom is 0.159 e. The predicted molar refractivity (Wildman–Crippen MR) is 59.7 cm³/mol. The van der Waals surface area contributed by atoms with Crippen LogP contribution in [0, 0.1) is 5.82 Å². The van der Waals surface area contributed by atoms with Crippen molar-refractivity contribution in [3.8, 4) is 0 Å². The standard InChI is InChI=1S/C11H12FNO2S/c12-10-3-1-2-4-11(10)13-6-8-5-9(7-13)16(8,14)15/h1-4,8-9H,5-7H2. The highest BCUT2D eigenvalue weighted by Crippen LogP contribution is 2.37. The van der Waals surface area contributed by atoms with Crippen LogP contribution in [0.2, 0.25) is 0 Å². The van der Waals surface area contributed by atoms with Crippen LogP contribution in [0.3, 0.4) is 0 Å². The van der Waals surface area contributed by atoms with Gasteiger partial charge in [-0.15, -0.1) is 0 Å². The molecular weight excluding hydrogens is 229 g/mol.